The highest BCUT2D eigenvalue weighted by atomic mass is 16.7. The smallest absolute Gasteiger partial charge is 0.186 e. The van der Waals surface area contributed by atoms with E-state index in [0.29, 0.717) is 63.6 Å². The van der Waals surface area contributed by atoms with Gasteiger partial charge in [0.1, 0.15) is 35.9 Å². The zero-order valence-corrected chi connectivity index (χ0v) is 34.2. The van der Waals surface area contributed by atoms with Crippen LogP contribution in [0.3, 0.4) is 0 Å². The third kappa shape index (κ3) is 11.1. The fraction of sp³-hybridized carbons (Fsp3) is 0.674. The molecule has 10 heteroatoms. The van der Waals surface area contributed by atoms with Gasteiger partial charge in [-0.05, 0) is 98.6 Å². The molecule has 0 unspecified atom stereocenters. The first-order valence-corrected chi connectivity index (χ1v) is 18.9. The normalized spacial score (nSPS) is 21.6. The zero-order valence-electron chi connectivity index (χ0n) is 34.2. The highest BCUT2D eigenvalue weighted by molar-refractivity contribution is 5.80. The van der Waals surface area contributed by atoms with Crippen LogP contribution in [0.2, 0.25) is 0 Å². The highest BCUT2D eigenvalue weighted by Crippen LogP contribution is 2.38. The number of carbonyl (C=O) groups excluding carboxylic acids is 2. The van der Waals surface area contributed by atoms with Gasteiger partial charge >= 0.3 is 0 Å². The Morgan fingerprint density at radius 1 is 0.623 bits per heavy atom. The van der Waals surface area contributed by atoms with Crippen molar-refractivity contribution in [2.75, 3.05) is 39.6 Å². The number of hydrogen-bond donors (Lipinski definition) is 2. The molecule has 4 rings (SSSR count). The highest BCUT2D eigenvalue weighted by Gasteiger charge is 2.48. The van der Waals surface area contributed by atoms with Gasteiger partial charge in [-0.15, -0.1) is 0 Å². The maximum Gasteiger partial charge on any atom is 0.186 e. The van der Waals surface area contributed by atoms with Gasteiger partial charge in [-0.2, -0.15) is 0 Å². The Bertz CT molecular complexity index is 1470. The van der Waals surface area contributed by atoms with Gasteiger partial charge in [0.15, 0.2) is 24.1 Å². The van der Waals surface area contributed by atoms with Gasteiger partial charge in [-0.1, -0.05) is 65.8 Å². The average molecular weight is 741 g/mol. The number of phenolic OH excluding ortho intramolecular Hbond substituents is 2. The van der Waals surface area contributed by atoms with E-state index in [1.54, 1.807) is 0 Å². The van der Waals surface area contributed by atoms with Gasteiger partial charge in [0.25, 0.3) is 0 Å². The first kappa shape index (κ1) is 42.9. The molecule has 296 valence electrons. The minimum absolute atomic E-state index is 0.0258. The first-order valence-electron chi connectivity index (χ1n) is 18.9. The van der Waals surface area contributed by atoms with E-state index in [0.717, 1.165) is 33.4 Å². The van der Waals surface area contributed by atoms with Crippen LogP contribution in [0.4, 0.5) is 0 Å². The molecule has 10 nitrogen and oxygen atoms in total. The molecule has 2 saturated heterocycles. The van der Waals surface area contributed by atoms with Crippen LogP contribution in [-0.4, -0.2) is 85.2 Å². The fourth-order valence-corrected chi connectivity index (χ4v) is 6.68. The van der Waals surface area contributed by atoms with Crippen LogP contribution in [-0.2, 0) is 61.7 Å². The molecule has 2 heterocycles. The number of Topliss-reactive ketones (excluding diaryl/α,β-unsaturated/α-hetero) is 2. The number of hydrogen-bond acceptors (Lipinski definition) is 10. The summed E-state index contributed by atoms with van der Waals surface area (Å²) in [4.78, 5) is 25.7. The van der Waals surface area contributed by atoms with Gasteiger partial charge in [0.05, 0.1) is 31.8 Å². The number of aromatic hydroxyl groups is 2. The van der Waals surface area contributed by atoms with Crippen LogP contribution >= 0.6 is 0 Å². The fourth-order valence-electron chi connectivity index (χ4n) is 6.68. The molecule has 2 aromatic carbocycles. The monoisotopic (exact) mass is 740 g/mol. The topological polar surface area (TPSA) is 130 Å². The van der Waals surface area contributed by atoms with E-state index in [-0.39, 0.29) is 35.6 Å². The van der Waals surface area contributed by atoms with Crippen LogP contribution in [0.25, 0.3) is 0 Å². The van der Waals surface area contributed by atoms with Crippen LogP contribution in [0.15, 0.2) is 24.3 Å². The summed E-state index contributed by atoms with van der Waals surface area (Å²) in [5.41, 5.74) is 2.71. The van der Waals surface area contributed by atoms with Crippen molar-refractivity contribution in [1.82, 2.24) is 0 Å². The van der Waals surface area contributed by atoms with Crippen molar-refractivity contribution in [2.24, 2.45) is 5.41 Å². The maximum absolute atomic E-state index is 12.8. The Morgan fingerprint density at radius 2 is 0.943 bits per heavy atom. The van der Waals surface area contributed by atoms with Gasteiger partial charge in [-0.3, -0.25) is 9.59 Å². The number of rotatable bonds is 14. The van der Waals surface area contributed by atoms with Crippen LogP contribution in [0.1, 0.15) is 115 Å². The van der Waals surface area contributed by atoms with Crippen LogP contribution < -0.4 is 0 Å². The Morgan fingerprint density at radius 3 is 1.25 bits per heavy atom. The summed E-state index contributed by atoms with van der Waals surface area (Å²) in [5.74, 6) is 0.566. The van der Waals surface area contributed by atoms with Gasteiger partial charge in [0.2, 0.25) is 0 Å². The standard InChI is InChI=1S/C43H64O10/c1-27-17-29(19-33(35(27)46)39(3,4)5)13-15-31(44)21-52-41(9,10)37-48-23-43(24-49-37)25-50-38(51-26-43)42(11,12)53-22-32(45)16-14-30-18-28(2)36(47)34(20-30)40(6,7)8/h17-20,37-38,46-47H,13-16,21-26H2,1-12H3. The van der Waals surface area contributed by atoms with Crippen molar-refractivity contribution in [3.8, 4) is 11.5 Å². The second kappa shape index (κ2) is 16.5. The van der Waals surface area contributed by atoms with Crippen LogP contribution in [0.5, 0.6) is 11.5 Å². The number of ether oxygens (including phenoxy) is 6. The van der Waals surface area contributed by atoms with Crippen molar-refractivity contribution in [3.05, 3.63) is 57.6 Å². The van der Waals surface area contributed by atoms with Crippen LogP contribution in [0, 0.1) is 19.3 Å². The van der Waals surface area contributed by atoms with E-state index in [1.165, 1.54) is 0 Å². The molecule has 0 atom stereocenters. The van der Waals surface area contributed by atoms with E-state index in [9.17, 15) is 19.8 Å². The van der Waals surface area contributed by atoms with E-state index in [4.69, 9.17) is 28.4 Å². The van der Waals surface area contributed by atoms with E-state index < -0.39 is 29.2 Å². The minimum Gasteiger partial charge on any atom is -0.507 e. The van der Waals surface area contributed by atoms with E-state index in [1.807, 2.05) is 65.8 Å². The van der Waals surface area contributed by atoms with E-state index in [2.05, 4.69) is 41.5 Å². The lowest BCUT2D eigenvalue weighted by Crippen LogP contribution is -2.59. The molecule has 2 fully saturated rings. The molecular formula is C43H64O10. The Balaban J connectivity index is 1.19. The predicted molar refractivity (Wildman–Crippen MR) is 204 cm³/mol. The summed E-state index contributed by atoms with van der Waals surface area (Å²) in [6, 6.07) is 7.84. The number of carbonyl (C=O) groups is 2. The number of aryl methyl sites for hydroxylation is 4. The summed E-state index contributed by atoms with van der Waals surface area (Å²) in [5, 5.41) is 21.0. The Hall–Kier alpha value is -2.86. The first-order chi connectivity index (χ1) is 24.4. The molecule has 2 N–H and O–H groups in total. The molecular weight excluding hydrogens is 676 g/mol. The summed E-state index contributed by atoms with van der Waals surface area (Å²) in [6.45, 7) is 24.7. The molecule has 1 spiro atoms. The molecule has 0 bridgehead atoms. The number of ketones is 2. The summed E-state index contributed by atoms with van der Waals surface area (Å²) < 4.78 is 36.6. The molecule has 53 heavy (non-hydrogen) atoms. The average Bonchev–Trinajstić information content (AvgIpc) is 3.06. The van der Waals surface area contributed by atoms with Crippen molar-refractivity contribution in [2.45, 2.75) is 143 Å². The SMILES string of the molecule is Cc1cc(CCC(=O)COC(C)(C)C2OCC3(CO2)COC(C(C)(C)OCC(=O)CCc2cc(C)c(O)c(C(C)(C)C)c2)OC3)cc(C(C)(C)C)c1O. The molecule has 0 amide bonds. The van der Waals surface area contributed by atoms with Gasteiger partial charge < -0.3 is 38.6 Å². The van der Waals surface area contributed by atoms with Gasteiger partial charge in [0, 0.05) is 12.8 Å². The zero-order chi connectivity index (χ0) is 39.6. The van der Waals surface area contributed by atoms with Gasteiger partial charge in [-0.25, -0.2) is 0 Å². The maximum atomic E-state index is 12.8. The van der Waals surface area contributed by atoms with Crippen molar-refractivity contribution in [3.63, 3.8) is 0 Å². The summed E-state index contributed by atoms with van der Waals surface area (Å²) >= 11 is 0. The predicted octanol–water partition coefficient (Wildman–Crippen LogP) is 7.34. The molecule has 2 aliphatic heterocycles. The molecule has 2 aromatic rings. The third-order valence-corrected chi connectivity index (χ3v) is 10.2. The van der Waals surface area contributed by atoms with E-state index >= 15 is 0 Å². The lowest BCUT2D eigenvalue weighted by molar-refractivity contribution is -0.349. The lowest BCUT2D eigenvalue weighted by atomic mass is 9.83. The third-order valence-electron chi connectivity index (χ3n) is 10.2. The summed E-state index contributed by atoms with van der Waals surface area (Å²) in [6.07, 6.45) is 0.408. The summed E-state index contributed by atoms with van der Waals surface area (Å²) in [7, 11) is 0. The Labute approximate surface area is 316 Å². The lowest BCUT2D eigenvalue weighted by Gasteiger charge is -2.48. The largest absolute Gasteiger partial charge is 0.507 e. The quantitative estimate of drug-likeness (QED) is 0.203. The van der Waals surface area contributed by atoms with Crippen molar-refractivity contribution < 1.29 is 48.2 Å². The molecule has 0 aliphatic carbocycles. The molecule has 2 aliphatic rings. The second-order valence-corrected chi connectivity index (χ2v) is 18.4. The Kier molecular flexibility index (Phi) is 13.3. The number of phenols is 2. The minimum atomic E-state index is -0.872. The molecule has 0 aromatic heterocycles. The molecule has 0 saturated carbocycles. The molecule has 0 radical (unpaired) electrons. The van der Waals surface area contributed by atoms with Crippen molar-refractivity contribution in [1.29, 1.82) is 0 Å². The second-order valence-electron chi connectivity index (χ2n) is 18.4. The van der Waals surface area contributed by atoms with Crippen molar-refractivity contribution >= 4 is 11.6 Å². The number of benzene rings is 2.